The van der Waals surface area contributed by atoms with Crippen molar-refractivity contribution in [2.45, 2.75) is 6.61 Å². The summed E-state index contributed by atoms with van der Waals surface area (Å²) in [6, 6.07) is 14.6. The predicted octanol–water partition coefficient (Wildman–Crippen LogP) is 4.41. The average molecular weight is 320 g/mol. The van der Waals surface area contributed by atoms with Gasteiger partial charge in [-0.15, -0.1) is 11.3 Å². The zero-order chi connectivity index (χ0) is 14.7. The minimum atomic E-state index is -0.420. The number of rotatable bonds is 4. The summed E-state index contributed by atoms with van der Waals surface area (Å²) < 4.78 is 11.0. The van der Waals surface area contributed by atoms with Crippen LogP contribution in [0.15, 0.2) is 53.1 Å². The summed E-state index contributed by atoms with van der Waals surface area (Å²) in [5.41, 5.74) is 1.48. The van der Waals surface area contributed by atoms with Gasteiger partial charge in [0.15, 0.2) is 5.76 Å². The predicted molar refractivity (Wildman–Crippen MR) is 80.4 cm³/mol. The Morgan fingerprint density at radius 2 is 2.05 bits per heavy atom. The molecule has 3 rings (SSSR count). The molecule has 1 aromatic carbocycles. The van der Waals surface area contributed by atoms with E-state index < -0.39 is 5.97 Å². The van der Waals surface area contributed by atoms with Gasteiger partial charge in [0.05, 0.1) is 4.34 Å². The van der Waals surface area contributed by atoms with Crippen LogP contribution in [0.2, 0.25) is 4.34 Å². The first-order valence-electron chi connectivity index (χ1n) is 6.16. The SMILES string of the molecule is O=C(OCc1cc(-c2ccccc2)on1)c1ccc(Cl)s1. The number of benzene rings is 1. The van der Waals surface area contributed by atoms with Crippen LogP contribution in [-0.2, 0) is 11.3 Å². The number of hydrogen-bond donors (Lipinski definition) is 0. The highest BCUT2D eigenvalue weighted by Gasteiger charge is 2.12. The van der Waals surface area contributed by atoms with Crippen molar-refractivity contribution in [2.24, 2.45) is 0 Å². The largest absolute Gasteiger partial charge is 0.455 e. The normalized spacial score (nSPS) is 10.5. The van der Waals surface area contributed by atoms with Crippen molar-refractivity contribution in [3.8, 4) is 11.3 Å². The summed E-state index contributed by atoms with van der Waals surface area (Å²) >= 11 is 6.96. The van der Waals surface area contributed by atoms with Crippen LogP contribution in [0, 0.1) is 0 Å². The average Bonchev–Trinajstić information content (AvgIpc) is 3.15. The number of aromatic nitrogens is 1. The van der Waals surface area contributed by atoms with Crippen molar-refractivity contribution in [3.63, 3.8) is 0 Å². The number of carbonyl (C=O) groups is 1. The summed E-state index contributed by atoms with van der Waals surface area (Å²) in [4.78, 5) is 12.2. The van der Waals surface area contributed by atoms with Crippen LogP contribution in [0.3, 0.4) is 0 Å². The Balaban J connectivity index is 1.64. The molecule has 4 nitrogen and oxygen atoms in total. The third-order valence-corrected chi connectivity index (χ3v) is 3.95. The molecule has 0 N–H and O–H groups in total. The number of hydrogen-bond acceptors (Lipinski definition) is 5. The quantitative estimate of drug-likeness (QED) is 0.668. The molecule has 0 aliphatic heterocycles. The fourth-order valence-corrected chi connectivity index (χ4v) is 2.69. The molecule has 0 radical (unpaired) electrons. The second-order valence-corrected chi connectivity index (χ2v) is 5.94. The van der Waals surface area contributed by atoms with E-state index in [0.29, 0.717) is 20.7 Å². The molecule has 21 heavy (non-hydrogen) atoms. The first-order chi connectivity index (χ1) is 10.2. The van der Waals surface area contributed by atoms with Gasteiger partial charge in [-0.3, -0.25) is 0 Å². The monoisotopic (exact) mass is 319 g/mol. The molecule has 2 heterocycles. The molecule has 0 fully saturated rings. The van der Waals surface area contributed by atoms with E-state index in [4.69, 9.17) is 20.9 Å². The first kappa shape index (κ1) is 13.9. The molecule has 0 amide bonds. The second kappa shape index (κ2) is 6.11. The van der Waals surface area contributed by atoms with Gasteiger partial charge in [0.25, 0.3) is 0 Å². The molecule has 0 spiro atoms. The van der Waals surface area contributed by atoms with E-state index in [0.717, 1.165) is 5.56 Å². The number of nitrogens with zero attached hydrogens (tertiary/aromatic N) is 1. The van der Waals surface area contributed by atoms with E-state index in [-0.39, 0.29) is 6.61 Å². The number of halogens is 1. The fourth-order valence-electron chi connectivity index (χ4n) is 1.75. The maximum atomic E-state index is 11.8. The molecule has 106 valence electrons. The Bertz CT molecular complexity index is 751. The first-order valence-corrected chi connectivity index (χ1v) is 7.35. The molecule has 3 aromatic rings. The van der Waals surface area contributed by atoms with Crippen molar-refractivity contribution < 1.29 is 14.1 Å². The van der Waals surface area contributed by atoms with Gasteiger partial charge in [-0.1, -0.05) is 47.1 Å². The van der Waals surface area contributed by atoms with Crippen LogP contribution in [0.4, 0.5) is 0 Å². The molecular weight excluding hydrogens is 310 g/mol. The van der Waals surface area contributed by atoms with Gasteiger partial charge in [0, 0.05) is 11.6 Å². The number of esters is 1. The summed E-state index contributed by atoms with van der Waals surface area (Å²) in [5.74, 6) is 0.219. The molecular formula is C15H10ClNO3S. The lowest BCUT2D eigenvalue weighted by Crippen LogP contribution is -2.03. The fraction of sp³-hybridized carbons (Fsp3) is 0.0667. The number of ether oxygens (including phenoxy) is 1. The van der Waals surface area contributed by atoms with Gasteiger partial charge >= 0.3 is 5.97 Å². The molecule has 0 unspecified atom stereocenters. The minimum Gasteiger partial charge on any atom is -0.455 e. The van der Waals surface area contributed by atoms with E-state index in [1.165, 1.54) is 11.3 Å². The van der Waals surface area contributed by atoms with E-state index in [9.17, 15) is 4.79 Å². The van der Waals surface area contributed by atoms with E-state index in [1.807, 2.05) is 30.3 Å². The van der Waals surface area contributed by atoms with E-state index in [1.54, 1.807) is 18.2 Å². The second-order valence-electron chi connectivity index (χ2n) is 4.23. The molecule has 0 saturated heterocycles. The Morgan fingerprint density at radius 3 is 2.76 bits per heavy atom. The molecule has 0 aliphatic carbocycles. The molecule has 0 aliphatic rings. The van der Waals surface area contributed by atoms with Gasteiger partial charge in [-0.2, -0.15) is 0 Å². The van der Waals surface area contributed by atoms with E-state index in [2.05, 4.69) is 5.16 Å². The molecule has 2 aromatic heterocycles. The molecule has 0 saturated carbocycles. The highest BCUT2D eigenvalue weighted by Crippen LogP contribution is 2.23. The summed E-state index contributed by atoms with van der Waals surface area (Å²) in [6.45, 7) is 0.0602. The molecule has 0 bridgehead atoms. The zero-order valence-electron chi connectivity index (χ0n) is 10.8. The van der Waals surface area contributed by atoms with Crippen molar-refractivity contribution in [2.75, 3.05) is 0 Å². The topological polar surface area (TPSA) is 52.3 Å². The Kier molecular flexibility index (Phi) is 4.03. The maximum absolute atomic E-state index is 11.8. The van der Waals surface area contributed by atoms with Crippen LogP contribution >= 0.6 is 22.9 Å². The van der Waals surface area contributed by atoms with Crippen LogP contribution in [0.1, 0.15) is 15.4 Å². The van der Waals surface area contributed by atoms with Gasteiger partial charge < -0.3 is 9.26 Å². The van der Waals surface area contributed by atoms with Crippen molar-refractivity contribution in [3.05, 3.63) is 63.4 Å². The third-order valence-electron chi connectivity index (χ3n) is 2.74. The summed E-state index contributed by atoms with van der Waals surface area (Å²) in [5, 5.41) is 3.89. The third kappa shape index (κ3) is 3.32. The highest BCUT2D eigenvalue weighted by atomic mass is 35.5. The Morgan fingerprint density at radius 1 is 1.24 bits per heavy atom. The Labute approximate surface area is 129 Å². The molecule has 6 heteroatoms. The summed E-state index contributed by atoms with van der Waals surface area (Å²) in [7, 11) is 0. The van der Waals surface area contributed by atoms with Gasteiger partial charge in [-0.05, 0) is 12.1 Å². The van der Waals surface area contributed by atoms with E-state index >= 15 is 0 Å². The summed E-state index contributed by atoms with van der Waals surface area (Å²) in [6.07, 6.45) is 0. The van der Waals surface area contributed by atoms with Crippen LogP contribution in [0.5, 0.6) is 0 Å². The number of carbonyl (C=O) groups excluding carboxylic acids is 1. The van der Waals surface area contributed by atoms with Crippen molar-refractivity contribution in [1.82, 2.24) is 5.16 Å². The van der Waals surface area contributed by atoms with Gasteiger partial charge in [0.1, 0.15) is 17.2 Å². The smallest absolute Gasteiger partial charge is 0.348 e. The van der Waals surface area contributed by atoms with Crippen molar-refractivity contribution in [1.29, 1.82) is 0 Å². The highest BCUT2D eigenvalue weighted by molar-refractivity contribution is 7.17. The molecule has 0 atom stereocenters. The lowest BCUT2D eigenvalue weighted by molar-refractivity contribution is 0.0470. The van der Waals surface area contributed by atoms with Crippen LogP contribution in [-0.4, -0.2) is 11.1 Å². The number of thiophene rings is 1. The standard InChI is InChI=1S/C15H10ClNO3S/c16-14-7-6-13(21-14)15(18)19-9-11-8-12(20-17-11)10-4-2-1-3-5-10/h1-8H,9H2. The van der Waals surface area contributed by atoms with Crippen LogP contribution < -0.4 is 0 Å². The minimum absolute atomic E-state index is 0.0602. The van der Waals surface area contributed by atoms with Gasteiger partial charge in [-0.25, -0.2) is 4.79 Å². The zero-order valence-corrected chi connectivity index (χ0v) is 12.4. The van der Waals surface area contributed by atoms with Crippen molar-refractivity contribution >= 4 is 28.9 Å². The Hall–Kier alpha value is -2.11. The lowest BCUT2D eigenvalue weighted by atomic mass is 10.2. The van der Waals surface area contributed by atoms with Gasteiger partial charge in [0.2, 0.25) is 0 Å². The lowest BCUT2D eigenvalue weighted by Gasteiger charge is -1.98. The maximum Gasteiger partial charge on any atom is 0.348 e. The van der Waals surface area contributed by atoms with Crippen LogP contribution in [0.25, 0.3) is 11.3 Å².